The Morgan fingerprint density at radius 3 is 2.69 bits per heavy atom. The van der Waals surface area contributed by atoms with Gasteiger partial charge in [-0.2, -0.15) is 5.10 Å². The van der Waals surface area contributed by atoms with Gasteiger partial charge in [-0.3, -0.25) is 9.59 Å². The fourth-order valence-corrected chi connectivity index (χ4v) is 3.27. The molecule has 1 aliphatic rings. The quantitative estimate of drug-likeness (QED) is 0.625. The molecular formula is C18H14FN3O3S. The highest BCUT2D eigenvalue weighted by Gasteiger charge is 2.32. The summed E-state index contributed by atoms with van der Waals surface area (Å²) in [5.41, 5.74) is 2.35. The molecule has 2 aromatic carbocycles. The number of amidine groups is 1. The van der Waals surface area contributed by atoms with Crippen molar-refractivity contribution in [3.05, 3.63) is 59.9 Å². The maximum absolute atomic E-state index is 13.4. The monoisotopic (exact) mass is 371 g/mol. The third-order valence-corrected chi connectivity index (χ3v) is 4.61. The molecule has 0 aromatic heterocycles. The summed E-state index contributed by atoms with van der Waals surface area (Å²) < 4.78 is 13.4. The molecule has 6 nitrogen and oxygen atoms in total. The lowest BCUT2D eigenvalue weighted by atomic mass is 10.0. The molecule has 1 unspecified atom stereocenters. The van der Waals surface area contributed by atoms with E-state index in [1.807, 2.05) is 30.3 Å². The van der Waals surface area contributed by atoms with Crippen LogP contribution in [0.25, 0.3) is 11.1 Å². The van der Waals surface area contributed by atoms with Crippen molar-refractivity contribution in [2.45, 2.75) is 11.7 Å². The molecule has 1 saturated heterocycles. The number of carbonyl (C=O) groups excluding carboxylic acids is 1. The largest absolute Gasteiger partial charge is 0.481 e. The van der Waals surface area contributed by atoms with Crippen molar-refractivity contribution in [1.29, 1.82) is 0 Å². The van der Waals surface area contributed by atoms with E-state index < -0.39 is 11.2 Å². The van der Waals surface area contributed by atoms with Gasteiger partial charge in [-0.15, -0.1) is 5.10 Å². The van der Waals surface area contributed by atoms with Gasteiger partial charge in [-0.05, 0) is 34.9 Å². The van der Waals surface area contributed by atoms with Gasteiger partial charge in [0.25, 0.3) is 0 Å². The summed E-state index contributed by atoms with van der Waals surface area (Å²) >= 11 is 1.04. The van der Waals surface area contributed by atoms with Crippen LogP contribution in [0.15, 0.2) is 58.7 Å². The minimum Gasteiger partial charge on any atom is -0.481 e. The van der Waals surface area contributed by atoms with Crippen LogP contribution in [0.2, 0.25) is 0 Å². The second-order valence-corrected chi connectivity index (χ2v) is 6.67. The summed E-state index contributed by atoms with van der Waals surface area (Å²) in [6.45, 7) is 0. The van der Waals surface area contributed by atoms with Gasteiger partial charge < -0.3 is 10.4 Å². The van der Waals surface area contributed by atoms with Crippen LogP contribution in [-0.4, -0.2) is 33.6 Å². The molecule has 0 radical (unpaired) electrons. The van der Waals surface area contributed by atoms with E-state index in [2.05, 4.69) is 15.5 Å². The number of nitrogens with one attached hydrogen (secondary N) is 1. The number of hydrogen-bond acceptors (Lipinski definition) is 5. The average Bonchev–Trinajstić information content (AvgIpc) is 2.94. The zero-order valence-corrected chi connectivity index (χ0v) is 14.2. The lowest BCUT2D eigenvalue weighted by Gasteiger charge is -2.02. The molecule has 2 aromatic rings. The van der Waals surface area contributed by atoms with E-state index in [0.717, 1.165) is 28.5 Å². The summed E-state index contributed by atoms with van der Waals surface area (Å²) in [7, 11) is 0. The fourth-order valence-electron chi connectivity index (χ4n) is 2.36. The minimum absolute atomic E-state index is 0.263. The van der Waals surface area contributed by atoms with Crippen LogP contribution in [0.4, 0.5) is 4.39 Å². The molecular weight excluding hydrogens is 357 g/mol. The van der Waals surface area contributed by atoms with E-state index in [-0.39, 0.29) is 23.3 Å². The molecule has 8 heteroatoms. The Hall–Kier alpha value is -3.00. The maximum Gasteiger partial charge on any atom is 0.305 e. The van der Waals surface area contributed by atoms with E-state index in [1.54, 1.807) is 6.07 Å². The third kappa shape index (κ3) is 4.54. The van der Waals surface area contributed by atoms with Crippen molar-refractivity contribution in [2.75, 3.05) is 0 Å². The Bertz CT molecular complexity index is 914. The first-order valence-corrected chi connectivity index (χ1v) is 8.55. The van der Waals surface area contributed by atoms with Crippen LogP contribution >= 0.6 is 11.8 Å². The molecule has 1 atom stereocenters. The van der Waals surface area contributed by atoms with Crippen molar-refractivity contribution < 1.29 is 19.1 Å². The van der Waals surface area contributed by atoms with Crippen molar-refractivity contribution in [1.82, 2.24) is 5.32 Å². The number of aliphatic carboxylic acids is 1. The zero-order chi connectivity index (χ0) is 18.5. The standard InChI is InChI=1S/C18H14FN3O3S/c19-14-6-2-5-13(8-14)12-4-1-3-11(7-12)10-20-22-18-21-17(25)15(26-18)9-16(23)24/h1-8,10,15H,9H2,(H,23,24)(H,21,22,25). The van der Waals surface area contributed by atoms with E-state index in [0.29, 0.717) is 0 Å². The van der Waals surface area contributed by atoms with Crippen molar-refractivity contribution in [3.63, 3.8) is 0 Å². The molecule has 1 aliphatic heterocycles. The number of thioether (sulfide) groups is 1. The second kappa shape index (κ2) is 7.92. The molecule has 2 N–H and O–H groups in total. The molecule has 3 rings (SSSR count). The van der Waals surface area contributed by atoms with Crippen LogP contribution in [-0.2, 0) is 9.59 Å². The zero-order valence-electron chi connectivity index (χ0n) is 13.4. The van der Waals surface area contributed by atoms with Gasteiger partial charge in [0.15, 0.2) is 5.17 Å². The summed E-state index contributed by atoms with van der Waals surface area (Å²) in [4.78, 5) is 22.3. The predicted octanol–water partition coefficient (Wildman–Crippen LogP) is 2.89. The van der Waals surface area contributed by atoms with Gasteiger partial charge in [0.1, 0.15) is 11.1 Å². The Balaban J connectivity index is 1.71. The lowest BCUT2D eigenvalue weighted by Crippen LogP contribution is -2.26. The van der Waals surface area contributed by atoms with E-state index >= 15 is 0 Å². The molecule has 132 valence electrons. The first kappa shape index (κ1) is 17.8. The van der Waals surface area contributed by atoms with Crippen molar-refractivity contribution in [2.24, 2.45) is 10.2 Å². The number of carbonyl (C=O) groups is 2. The SMILES string of the molecule is O=C(O)CC1SC(=NN=Cc2cccc(-c3cccc(F)c3)c2)NC1=O. The van der Waals surface area contributed by atoms with Gasteiger partial charge in [0.2, 0.25) is 5.91 Å². The molecule has 1 amide bonds. The summed E-state index contributed by atoms with van der Waals surface area (Å²) in [5, 5.41) is 18.7. The molecule has 1 heterocycles. The molecule has 0 spiro atoms. The Morgan fingerprint density at radius 1 is 1.23 bits per heavy atom. The molecule has 0 aliphatic carbocycles. The average molecular weight is 371 g/mol. The highest BCUT2D eigenvalue weighted by molar-refractivity contribution is 8.15. The normalized spacial score (nSPS) is 18.4. The van der Waals surface area contributed by atoms with Gasteiger partial charge in [-0.1, -0.05) is 42.1 Å². The number of hydrogen-bond donors (Lipinski definition) is 2. The molecule has 1 fully saturated rings. The highest BCUT2D eigenvalue weighted by atomic mass is 32.2. The Morgan fingerprint density at radius 2 is 1.96 bits per heavy atom. The number of carboxylic acid groups (broad SMARTS) is 1. The van der Waals surface area contributed by atoms with Gasteiger partial charge in [0, 0.05) is 0 Å². The van der Waals surface area contributed by atoms with Crippen molar-refractivity contribution >= 4 is 35.0 Å². The Kier molecular flexibility index (Phi) is 5.43. The first-order chi connectivity index (χ1) is 12.5. The topological polar surface area (TPSA) is 91.1 Å². The van der Waals surface area contributed by atoms with E-state index in [4.69, 9.17) is 5.11 Å². The molecule has 0 saturated carbocycles. The van der Waals surface area contributed by atoms with Crippen LogP contribution < -0.4 is 5.32 Å². The fraction of sp³-hybridized carbons (Fsp3) is 0.111. The van der Waals surface area contributed by atoms with Crippen molar-refractivity contribution in [3.8, 4) is 11.1 Å². The Labute approximate surface area is 152 Å². The third-order valence-electron chi connectivity index (χ3n) is 3.54. The number of carboxylic acids is 1. The van der Waals surface area contributed by atoms with Gasteiger partial charge in [0.05, 0.1) is 12.6 Å². The summed E-state index contributed by atoms with van der Waals surface area (Å²) in [6.07, 6.45) is 1.24. The van der Waals surface area contributed by atoms with Crippen LogP contribution in [0.3, 0.4) is 0 Å². The van der Waals surface area contributed by atoms with Crippen LogP contribution in [0.5, 0.6) is 0 Å². The molecule has 26 heavy (non-hydrogen) atoms. The van der Waals surface area contributed by atoms with E-state index in [9.17, 15) is 14.0 Å². The number of benzene rings is 2. The minimum atomic E-state index is -1.04. The smallest absolute Gasteiger partial charge is 0.305 e. The maximum atomic E-state index is 13.4. The molecule has 0 bridgehead atoms. The van der Waals surface area contributed by atoms with Gasteiger partial charge >= 0.3 is 5.97 Å². The number of amides is 1. The predicted molar refractivity (Wildman–Crippen MR) is 98.6 cm³/mol. The van der Waals surface area contributed by atoms with Gasteiger partial charge in [-0.25, -0.2) is 4.39 Å². The summed E-state index contributed by atoms with van der Waals surface area (Å²) in [6, 6.07) is 13.6. The highest BCUT2D eigenvalue weighted by Crippen LogP contribution is 2.23. The number of nitrogens with zero attached hydrogens (tertiary/aromatic N) is 2. The number of rotatable bonds is 5. The van der Waals surface area contributed by atoms with Crippen LogP contribution in [0.1, 0.15) is 12.0 Å². The van der Waals surface area contributed by atoms with E-state index in [1.165, 1.54) is 18.3 Å². The summed E-state index contributed by atoms with van der Waals surface area (Å²) in [5.74, 6) is -1.74. The van der Waals surface area contributed by atoms with Crippen LogP contribution in [0, 0.1) is 5.82 Å². The number of halogens is 1. The second-order valence-electron chi connectivity index (χ2n) is 5.48. The first-order valence-electron chi connectivity index (χ1n) is 7.67. The lowest BCUT2D eigenvalue weighted by molar-refractivity contribution is -0.138.